The number of halogens is 1. The maximum atomic E-state index is 12.3. The Kier molecular flexibility index (Phi) is 8.27. The fourth-order valence-electron chi connectivity index (χ4n) is 3.11. The highest BCUT2D eigenvalue weighted by molar-refractivity contribution is 7.89. The minimum atomic E-state index is -3.81. The molecule has 1 N–H and O–H groups in total. The summed E-state index contributed by atoms with van der Waals surface area (Å²) in [7, 11) is -1.06. The molecule has 9 heteroatoms. The molecule has 0 atom stereocenters. The van der Waals surface area contributed by atoms with Gasteiger partial charge in [-0.25, -0.2) is 17.5 Å². The van der Waals surface area contributed by atoms with Gasteiger partial charge in [-0.05, 0) is 31.0 Å². The van der Waals surface area contributed by atoms with Crippen LogP contribution in [0.15, 0.2) is 23.1 Å². The molecule has 2 rings (SSSR count). The molecular formula is C19H27ClN2O5S. The minimum Gasteiger partial charge on any atom is -0.452 e. The third-order valence-corrected chi connectivity index (χ3v) is 7.03. The lowest BCUT2D eigenvalue weighted by Crippen LogP contribution is -2.38. The largest absolute Gasteiger partial charge is 0.452 e. The normalized spacial score (nSPS) is 16.3. The molecule has 1 aromatic carbocycles. The molecule has 1 aliphatic carbocycles. The average Bonchev–Trinajstić information content (AvgIpc) is 2.62. The summed E-state index contributed by atoms with van der Waals surface area (Å²) in [6.07, 6.45) is 7.62. The van der Waals surface area contributed by atoms with Gasteiger partial charge in [0.15, 0.2) is 6.61 Å². The van der Waals surface area contributed by atoms with Crippen molar-refractivity contribution in [2.24, 2.45) is 0 Å². The van der Waals surface area contributed by atoms with Crippen molar-refractivity contribution in [2.75, 3.05) is 20.7 Å². The van der Waals surface area contributed by atoms with Crippen LogP contribution in [-0.2, 0) is 19.6 Å². The van der Waals surface area contributed by atoms with Gasteiger partial charge in [0.25, 0.3) is 5.91 Å². The van der Waals surface area contributed by atoms with Crippen molar-refractivity contribution in [3.8, 4) is 0 Å². The van der Waals surface area contributed by atoms with Gasteiger partial charge >= 0.3 is 5.97 Å². The molecule has 0 unspecified atom stereocenters. The zero-order valence-corrected chi connectivity index (χ0v) is 17.8. The Labute approximate surface area is 171 Å². The van der Waals surface area contributed by atoms with E-state index in [-0.39, 0.29) is 27.4 Å². The van der Waals surface area contributed by atoms with Gasteiger partial charge in [-0.15, -0.1) is 0 Å². The molecule has 0 radical (unpaired) electrons. The van der Waals surface area contributed by atoms with Crippen LogP contribution in [0, 0.1) is 0 Å². The molecule has 0 aromatic heterocycles. The van der Waals surface area contributed by atoms with Gasteiger partial charge < -0.3 is 10.1 Å². The highest BCUT2D eigenvalue weighted by Crippen LogP contribution is 2.25. The molecule has 156 valence electrons. The number of benzene rings is 1. The predicted molar refractivity (Wildman–Crippen MR) is 107 cm³/mol. The quantitative estimate of drug-likeness (QED) is 0.700. The van der Waals surface area contributed by atoms with Gasteiger partial charge in [0.2, 0.25) is 10.0 Å². The molecular weight excluding hydrogens is 404 g/mol. The molecule has 0 heterocycles. The number of carbonyl (C=O) groups excluding carboxylic acids is 2. The first-order chi connectivity index (χ1) is 13.2. The lowest BCUT2D eigenvalue weighted by atomic mass is 9.97. The third-order valence-electron chi connectivity index (χ3n) is 4.73. The van der Waals surface area contributed by atoms with Crippen LogP contribution < -0.4 is 5.32 Å². The molecule has 0 spiro atoms. The summed E-state index contributed by atoms with van der Waals surface area (Å²) in [5.74, 6) is -1.13. The lowest BCUT2D eigenvalue weighted by Gasteiger charge is -2.21. The van der Waals surface area contributed by atoms with E-state index in [0.717, 1.165) is 36.1 Å². The van der Waals surface area contributed by atoms with Crippen molar-refractivity contribution in [3.05, 3.63) is 28.8 Å². The van der Waals surface area contributed by atoms with E-state index in [1.807, 2.05) is 0 Å². The van der Waals surface area contributed by atoms with Crippen LogP contribution in [0.3, 0.4) is 0 Å². The van der Waals surface area contributed by atoms with Crippen molar-refractivity contribution in [3.63, 3.8) is 0 Å². The first-order valence-electron chi connectivity index (χ1n) is 9.40. The molecule has 0 saturated heterocycles. The first-order valence-corrected chi connectivity index (χ1v) is 11.2. The van der Waals surface area contributed by atoms with E-state index in [0.29, 0.717) is 0 Å². The van der Waals surface area contributed by atoms with Gasteiger partial charge in [0, 0.05) is 20.1 Å². The number of esters is 1. The van der Waals surface area contributed by atoms with Crippen LogP contribution in [-0.4, -0.2) is 51.3 Å². The monoisotopic (exact) mass is 430 g/mol. The number of amides is 1. The van der Waals surface area contributed by atoms with Crippen LogP contribution in [0.25, 0.3) is 0 Å². The van der Waals surface area contributed by atoms with Crippen LogP contribution in [0.5, 0.6) is 0 Å². The lowest BCUT2D eigenvalue weighted by molar-refractivity contribution is -0.125. The predicted octanol–water partition coefficient (Wildman–Crippen LogP) is 2.98. The smallest absolute Gasteiger partial charge is 0.338 e. The summed E-state index contributed by atoms with van der Waals surface area (Å²) in [6.45, 7) is -0.409. The van der Waals surface area contributed by atoms with Crippen LogP contribution in [0.1, 0.15) is 55.3 Å². The summed E-state index contributed by atoms with van der Waals surface area (Å²) in [5.41, 5.74) is 0.0172. The van der Waals surface area contributed by atoms with Gasteiger partial charge in [-0.2, -0.15) is 0 Å². The molecule has 1 fully saturated rings. The molecule has 1 aromatic rings. The van der Waals surface area contributed by atoms with E-state index in [2.05, 4.69) is 5.32 Å². The number of nitrogens with zero attached hydrogens (tertiary/aromatic N) is 1. The van der Waals surface area contributed by atoms with Crippen LogP contribution in [0.2, 0.25) is 5.02 Å². The van der Waals surface area contributed by atoms with Crippen molar-refractivity contribution < 1.29 is 22.7 Å². The van der Waals surface area contributed by atoms with E-state index in [1.165, 1.54) is 45.5 Å². The van der Waals surface area contributed by atoms with Crippen LogP contribution in [0.4, 0.5) is 0 Å². The van der Waals surface area contributed by atoms with Gasteiger partial charge in [-0.1, -0.05) is 43.7 Å². The molecule has 1 amide bonds. The second-order valence-corrected chi connectivity index (χ2v) is 9.65. The van der Waals surface area contributed by atoms with Gasteiger partial charge in [0.1, 0.15) is 4.90 Å². The molecule has 0 bridgehead atoms. The molecule has 1 saturated carbocycles. The Morgan fingerprint density at radius 1 is 1.14 bits per heavy atom. The second-order valence-electron chi connectivity index (χ2n) is 7.12. The molecule has 1 aliphatic rings. The van der Waals surface area contributed by atoms with E-state index in [9.17, 15) is 18.0 Å². The highest BCUT2D eigenvalue weighted by Gasteiger charge is 2.23. The fourth-order valence-corrected chi connectivity index (χ4v) is 4.50. The van der Waals surface area contributed by atoms with Crippen molar-refractivity contribution in [2.45, 2.75) is 55.9 Å². The number of sulfonamides is 1. The second kappa shape index (κ2) is 10.2. The van der Waals surface area contributed by atoms with E-state index in [1.54, 1.807) is 0 Å². The zero-order chi connectivity index (χ0) is 20.7. The highest BCUT2D eigenvalue weighted by atomic mass is 35.5. The van der Waals surface area contributed by atoms with Crippen molar-refractivity contribution in [1.29, 1.82) is 0 Å². The summed E-state index contributed by atoms with van der Waals surface area (Å²) < 4.78 is 30.6. The Morgan fingerprint density at radius 3 is 2.36 bits per heavy atom. The first kappa shape index (κ1) is 22.6. The maximum Gasteiger partial charge on any atom is 0.338 e. The van der Waals surface area contributed by atoms with E-state index in [4.69, 9.17) is 16.3 Å². The van der Waals surface area contributed by atoms with E-state index >= 15 is 0 Å². The number of hydrogen-bond donors (Lipinski definition) is 1. The van der Waals surface area contributed by atoms with Crippen molar-refractivity contribution >= 4 is 33.5 Å². The Balaban J connectivity index is 1.96. The number of rotatable bonds is 6. The summed E-state index contributed by atoms with van der Waals surface area (Å²) in [5, 5.41) is 2.92. The van der Waals surface area contributed by atoms with Crippen molar-refractivity contribution in [1.82, 2.24) is 9.62 Å². The topological polar surface area (TPSA) is 92.8 Å². The van der Waals surface area contributed by atoms with E-state index < -0.39 is 22.6 Å². The maximum absolute atomic E-state index is 12.3. The van der Waals surface area contributed by atoms with Gasteiger partial charge in [0.05, 0.1) is 10.6 Å². The Hall–Kier alpha value is -1.64. The number of nitrogens with one attached hydrogen (secondary N) is 1. The number of carbonyl (C=O) groups is 2. The Morgan fingerprint density at radius 2 is 1.75 bits per heavy atom. The van der Waals surface area contributed by atoms with Gasteiger partial charge in [-0.3, -0.25) is 4.79 Å². The number of ether oxygens (including phenoxy) is 1. The summed E-state index contributed by atoms with van der Waals surface area (Å²) in [4.78, 5) is 24.2. The standard InChI is InChI=1S/C19H27ClN2O5S/c1-22(2)28(25,26)17-12-14(10-11-16(17)20)19(24)27-13-18(23)21-15-8-6-4-3-5-7-9-15/h10-12,15H,3-9,13H2,1-2H3,(H,21,23). The number of hydrogen-bond acceptors (Lipinski definition) is 5. The summed E-state index contributed by atoms with van der Waals surface area (Å²) in [6, 6.07) is 3.96. The minimum absolute atomic E-state index is 0.00674. The third kappa shape index (κ3) is 6.18. The molecule has 0 aliphatic heterocycles. The molecule has 7 nitrogen and oxygen atoms in total. The Bertz CT molecular complexity index is 803. The molecule has 28 heavy (non-hydrogen) atoms. The van der Waals surface area contributed by atoms with Crippen LogP contribution >= 0.6 is 11.6 Å². The summed E-state index contributed by atoms with van der Waals surface area (Å²) >= 11 is 5.97. The fraction of sp³-hybridized carbons (Fsp3) is 0.579. The average molecular weight is 431 g/mol. The zero-order valence-electron chi connectivity index (χ0n) is 16.2. The SMILES string of the molecule is CN(C)S(=O)(=O)c1cc(C(=O)OCC(=O)NC2CCCCCCC2)ccc1Cl.